The highest BCUT2D eigenvalue weighted by Crippen LogP contribution is 2.34. The van der Waals surface area contributed by atoms with Crippen molar-refractivity contribution in [2.75, 3.05) is 26.2 Å². The van der Waals surface area contributed by atoms with Crippen molar-refractivity contribution in [2.45, 2.75) is 37.7 Å². The van der Waals surface area contributed by atoms with E-state index in [-0.39, 0.29) is 36.1 Å². The summed E-state index contributed by atoms with van der Waals surface area (Å²) < 4.78 is 5.74. The molecule has 1 unspecified atom stereocenters. The van der Waals surface area contributed by atoms with Crippen LogP contribution in [0.2, 0.25) is 6.32 Å². The van der Waals surface area contributed by atoms with Gasteiger partial charge in [-0.25, -0.2) is 4.79 Å². The number of amides is 1. The van der Waals surface area contributed by atoms with Gasteiger partial charge in [0.25, 0.3) is 0 Å². The minimum absolute atomic E-state index is 0.0289. The number of nitrogens with zero attached hydrogens (tertiary/aromatic N) is 1. The average molecular weight is 421 g/mol. The molecular formula is C19H28BN3O7. The molecule has 0 radical (unpaired) electrons. The molecule has 1 aliphatic carbocycles. The lowest BCUT2D eigenvalue weighted by Crippen LogP contribution is -2.59. The third-order valence-electron chi connectivity index (χ3n) is 5.38. The number of hydrogen-bond donors (Lipinski definition) is 6. The molecule has 164 valence electrons. The maximum Gasteiger partial charge on any atom is 0.451 e. The van der Waals surface area contributed by atoms with Crippen LogP contribution in [0.1, 0.15) is 28.8 Å². The number of likely N-dealkylation sites (tertiary alicyclic amines) is 1. The van der Waals surface area contributed by atoms with Crippen molar-refractivity contribution in [1.82, 2.24) is 10.2 Å². The van der Waals surface area contributed by atoms with Gasteiger partial charge in [0.2, 0.25) is 5.91 Å². The third kappa shape index (κ3) is 5.85. The van der Waals surface area contributed by atoms with E-state index in [1.165, 1.54) is 12.1 Å². The molecule has 3 rings (SSSR count). The topological polar surface area (TPSA) is 166 Å². The number of aryl methyl sites for hydroxylation is 1. The van der Waals surface area contributed by atoms with Gasteiger partial charge in [0.05, 0.1) is 6.04 Å². The minimum Gasteiger partial charge on any atom is -0.507 e. The van der Waals surface area contributed by atoms with Crippen LogP contribution in [-0.4, -0.2) is 82.5 Å². The van der Waals surface area contributed by atoms with Gasteiger partial charge in [-0.2, -0.15) is 0 Å². The van der Waals surface area contributed by atoms with Crippen LogP contribution in [0.3, 0.4) is 0 Å². The Morgan fingerprint density at radius 3 is 2.60 bits per heavy atom. The van der Waals surface area contributed by atoms with Gasteiger partial charge < -0.3 is 36.0 Å². The smallest absolute Gasteiger partial charge is 0.451 e. The number of aromatic hydroxyl groups is 1. The number of hydrogen-bond acceptors (Lipinski definition) is 8. The molecule has 1 saturated carbocycles. The van der Waals surface area contributed by atoms with Crippen LogP contribution in [-0.2, 0) is 11.2 Å². The standard InChI is InChI=1S/C19H28BN3O7/c21-14(18(25)22-7-11-1-2-11)10-23-8-13(9-23)30-15-4-3-12(5-6-20(28)29)17(24)16(15)19(26)27/h3-4,11,13-14,24,28-29H,1-2,5-10,21H2,(H,22,25)(H,26,27). The zero-order valence-corrected chi connectivity index (χ0v) is 16.7. The number of carboxylic acid groups (broad SMARTS) is 1. The van der Waals surface area contributed by atoms with E-state index in [0.717, 1.165) is 12.8 Å². The van der Waals surface area contributed by atoms with Crippen molar-refractivity contribution in [3.05, 3.63) is 23.3 Å². The molecule has 2 fully saturated rings. The molecule has 2 aliphatic rings. The zero-order chi connectivity index (χ0) is 21.8. The quantitative estimate of drug-likeness (QED) is 0.246. The lowest BCUT2D eigenvalue weighted by Gasteiger charge is -2.40. The number of aromatic carboxylic acids is 1. The molecule has 11 heteroatoms. The Morgan fingerprint density at radius 2 is 2.00 bits per heavy atom. The van der Waals surface area contributed by atoms with Gasteiger partial charge in [-0.3, -0.25) is 9.69 Å². The van der Waals surface area contributed by atoms with Crippen LogP contribution in [0, 0.1) is 5.92 Å². The Morgan fingerprint density at radius 1 is 1.30 bits per heavy atom. The fraction of sp³-hybridized carbons (Fsp3) is 0.579. The van der Waals surface area contributed by atoms with E-state index < -0.39 is 24.9 Å². The second kappa shape index (κ2) is 9.65. The molecule has 0 aromatic heterocycles. The number of benzene rings is 1. The van der Waals surface area contributed by atoms with Crippen LogP contribution in [0.5, 0.6) is 11.5 Å². The number of ether oxygens (including phenoxy) is 1. The van der Waals surface area contributed by atoms with Crippen molar-refractivity contribution >= 4 is 19.0 Å². The van der Waals surface area contributed by atoms with Crippen LogP contribution in [0.15, 0.2) is 12.1 Å². The van der Waals surface area contributed by atoms with Gasteiger partial charge in [-0.15, -0.1) is 0 Å². The lowest BCUT2D eigenvalue weighted by atomic mass is 9.82. The van der Waals surface area contributed by atoms with Crippen molar-refractivity contribution in [3.63, 3.8) is 0 Å². The lowest BCUT2D eigenvalue weighted by molar-refractivity contribution is -0.123. The molecule has 1 aromatic carbocycles. The molecule has 10 nitrogen and oxygen atoms in total. The molecule has 0 bridgehead atoms. The summed E-state index contributed by atoms with van der Waals surface area (Å²) in [6.07, 6.45) is 2.10. The fourth-order valence-corrected chi connectivity index (χ4v) is 3.39. The summed E-state index contributed by atoms with van der Waals surface area (Å²) in [4.78, 5) is 25.5. The molecule has 1 aliphatic heterocycles. The minimum atomic E-state index is -1.54. The number of nitrogens with two attached hydrogens (primary N) is 1. The molecule has 1 heterocycles. The first-order chi connectivity index (χ1) is 14.2. The number of carbonyl (C=O) groups excluding carboxylic acids is 1. The van der Waals surface area contributed by atoms with E-state index in [0.29, 0.717) is 37.7 Å². The van der Waals surface area contributed by atoms with E-state index in [4.69, 9.17) is 20.5 Å². The Balaban J connectivity index is 1.51. The zero-order valence-electron chi connectivity index (χ0n) is 16.7. The Kier molecular flexibility index (Phi) is 7.19. The van der Waals surface area contributed by atoms with Crippen LogP contribution in [0.25, 0.3) is 0 Å². The van der Waals surface area contributed by atoms with Gasteiger partial charge in [-0.05, 0) is 43.1 Å². The summed E-state index contributed by atoms with van der Waals surface area (Å²) in [6, 6.07) is 2.34. The Bertz CT molecular complexity index is 782. The predicted octanol–water partition coefficient (Wildman–Crippen LogP) is -0.978. The highest BCUT2D eigenvalue weighted by Gasteiger charge is 2.33. The largest absolute Gasteiger partial charge is 0.507 e. The normalized spacial score (nSPS) is 17.8. The number of carboxylic acids is 1. The summed E-state index contributed by atoms with van der Waals surface area (Å²) in [7, 11) is -1.54. The van der Waals surface area contributed by atoms with Gasteiger partial charge in [-0.1, -0.05) is 6.07 Å². The Hall–Kier alpha value is -2.34. The number of phenols is 1. The van der Waals surface area contributed by atoms with E-state index in [1.807, 2.05) is 4.90 Å². The Labute approximate surface area is 174 Å². The first-order valence-electron chi connectivity index (χ1n) is 10.1. The molecule has 7 N–H and O–H groups in total. The summed E-state index contributed by atoms with van der Waals surface area (Å²) >= 11 is 0. The van der Waals surface area contributed by atoms with Gasteiger partial charge >= 0.3 is 13.1 Å². The van der Waals surface area contributed by atoms with Gasteiger partial charge in [0, 0.05) is 26.2 Å². The molecule has 30 heavy (non-hydrogen) atoms. The predicted molar refractivity (Wildman–Crippen MR) is 108 cm³/mol. The number of carbonyl (C=O) groups is 2. The first-order valence-corrected chi connectivity index (χ1v) is 10.1. The van der Waals surface area contributed by atoms with Crippen molar-refractivity contribution in [1.29, 1.82) is 0 Å². The summed E-state index contributed by atoms with van der Waals surface area (Å²) in [6.45, 7) is 2.03. The second-order valence-corrected chi connectivity index (χ2v) is 8.02. The molecule has 0 spiro atoms. The van der Waals surface area contributed by atoms with Gasteiger partial charge in [0.15, 0.2) is 0 Å². The SMILES string of the molecule is NC(CN1CC(Oc2ccc(CCB(O)O)c(O)c2C(=O)O)C1)C(=O)NCC1CC1. The molecule has 1 aromatic rings. The highest BCUT2D eigenvalue weighted by molar-refractivity contribution is 6.41. The maximum absolute atomic E-state index is 12.0. The van der Waals surface area contributed by atoms with Crippen LogP contribution >= 0.6 is 0 Å². The van der Waals surface area contributed by atoms with Crippen LogP contribution in [0.4, 0.5) is 0 Å². The van der Waals surface area contributed by atoms with E-state index in [9.17, 15) is 19.8 Å². The van der Waals surface area contributed by atoms with E-state index >= 15 is 0 Å². The molecule has 1 amide bonds. The highest BCUT2D eigenvalue weighted by atomic mass is 16.5. The number of rotatable bonds is 11. The summed E-state index contributed by atoms with van der Waals surface area (Å²) in [5.41, 5.74) is 5.89. The third-order valence-corrected chi connectivity index (χ3v) is 5.38. The van der Waals surface area contributed by atoms with Crippen molar-refractivity contribution in [3.8, 4) is 11.5 Å². The number of nitrogens with one attached hydrogen (secondary N) is 1. The molecular weight excluding hydrogens is 393 g/mol. The van der Waals surface area contributed by atoms with Gasteiger partial charge in [0.1, 0.15) is 23.2 Å². The van der Waals surface area contributed by atoms with E-state index in [1.54, 1.807) is 0 Å². The fourth-order valence-electron chi connectivity index (χ4n) is 3.39. The summed E-state index contributed by atoms with van der Waals surface area (Å²) in [5, 5.41) is 40.5. The first kappa shape index (κ1) is 22.4. The monoisotopic (exact) mass is 421 g/mol. The van der Waals surface area contributed by atoms with E-state index in [2.05, 4.69) is 5.32 Å². The molecule has 1 saturated heterocycles. The molecule has 1 atom stereocenters. The summed E-state index contributed by atoms with van der Waals surface area (Å²) in [5.74, 6) is -1.31. The average Bonchev–Trinajstić information content (AvgIpc) is 3.47. The van der Waals surface area contributed by atoms with Crippen molar-refractivity contribution < 1.29 is 34.6 Å². The second-order valence-electron chi connectivity index (χ2n) is 8.02. The maximum atomic E-state index is 12.0. The van der Waals surface area contributed by atoms with Crippen molar-refractivity contribution in [2.24, 2.45) is 11.7 Å². The van der Waals surface area contributed by atoms with Crippen LogP contribution < -0.4 is 15.8 Å².